The van der Waals surface area contributed by atoms with Crippen molar-refractivity contribution in [3.05, 3.63) is 35.4 Å². The smallest absolute Gasteiger partial charge is 0.335 e. The molecule has 0 heterocycles. The molecule has 0 unspecified atom stereocenters. The zero-order valence-corrected chi connectivity index (χ0v) is 7.00. The molecule has 2 nitrogen and oxygen atoms in total. The highest BCUT2D eigenvalue weighted by molar-refractivity contribution is 5.87. The van der Waals surface area contributed by atoms with Gasteiger partial charge in [0.25, 0.3) is 0 Å². The first-order valence-electron chi connectivity index (χ1n) is 3.67. The van der Waals surface area contributed by atoms with Gasteiger partial charge in [-0.05, 0) is 18.1 Å². The quantitative estimate of drug-likeness (QED) is 0.735. The number of halogens is 2. The second-order valence-electron chi connectivity index (χ2n) is 2.60. The second-order valence-corrected chi connectivity index (χ2v) is 2.60. The van der Waals surface area contributed by atoms with E-state index >= 15 is 0 Å². The lowest BCUT2D eigenvalue weighted by Crippen LogP contribution is -2.10. The Kier molecular flexibility index (Phi) is 2.52. The molecule has 0 fully saturated rings. The molecule has 0 atom stereocenters. The van der Waals surface area contributed by atoms with E-state index in [1.807, 2.05) is 0 Å². The molecule has 0 bridgehead atoms. The predicted octanol–water partition coefficient (Wildman–Crippen LogP) is 2.11. The average molecular weight is 196 g/mol. The summed E-state index contributed by atoms with van der Waals surface area (Å²) in [6.07, 6.45) is 4.62. The molecule has 0 aliphatic carbocycles. The second kappa shape index (κ2) is 3.46. The molecule has 0 aliphatic heterocycles. The molecule has 1 aromatic rings. The van der Waals surface area contributed by atoms with Gasteiger partial charge in [-0.15, -0.1) is 6.42 Å². The zero-order chi connectivity index (χ0) is 10.8. The van der Waals surface area contributed by atoms with Gasteiger partial charge in [0.05, 0.1) is 5.56 Å². The van der Waals surface area contributed by atoms with E-state index in [4.69, 9.17) is 5.11 Å². The number of carbonyl (C=O) groups is 1. The zero-order valence-electron chi connectivity index (χ0n) is 7.00. The molecule has 14 heavy (non-hydrogen) atoms. The first-order chi connectivity index (χ1) is 6.47. The minimum atomic E-state index is -3.35. The summed E-state index contributed by atoms with van der Waals surface area (Å²) in [6, 6.07) is 4.18. The van der Waals surface area contributed by atoms with Crippen LogP contribution in [0, 0.1) is 12.3 Å². The van der Waals surface area contributed by atoms with Crippen molar-refractivity contribution < 1.29 is 18.7 Å². The average Bonchev–Trinajstić information content (AvgIpc) is 2.18. The number of aromatic carboxylic acids is 1. The van der Waals surface area contributed by atoms with Gasteiger partial charge in [-0.25, -0.2) is 4.79 Å². The molecule has 1 aromatic carbocycles. The lowest BCUT2D eigenvalue weighted by Gasteiger charge is -2.08. The largest absolute Gasteiger partial charge is 0.478 e. The van der Waals surface area contributed by atoms with E-state index in [0.29, 0.717) is 0 Å². The number of hydrogen-bond donors (Lipinski definition) is 1. The van der Waals surface area contributed by atoms with Crippen LogP contribution in [0.3, 0.4) is 0 Å². The van der Waals surface area contributed by atoms with Gasteiger partial charge in [0.1, 0.15) is 0 Å². The van der Waals surface area contributed by atoms with Crippen molar-refractivity contribution in [3.8, 4) is 12.3 Å². The lowest BCUT2D eigenvalue weighted by atomic mass is 10.1. The maximum Gasteiger partial charge on any atom is 0.335 e. The highest BCUT2D eigenvalue weighted by Gasteiger charge is 2.28. The molecular formula is C10H6F2O2. The molecule has 4 heteroatoms. The van der Waals surface area contributed by atoms with E-state index in [-0.39, 0.29) is 11.1 Å². The predicted molar refractivity (Wildman–Crippen MR) is 46.1 cm³/mol. The summed E-state index contributed by atoms with van der Waals surface area (Å²) < 4.78 is 25.7. The molecule has 1 N–H and O–H groups in total. The van der Waals surface area contributed by atoms with Crippen LogP contribution in [0.4, 0.5) is 8.78 Å². The van der Waals surface area contributed by atoms with Gasteiger partial charge in [0, 0.05) is 5.56 Å². The van der Waals surface area contributed by atoms with Crippen molar-refractivity contribution >= 4 is 5.97 Å². The third kappa shape index (κ3) is 1.88. The maximum absolute atomic E-state index is 12.8. The van der Waals surface area contributed by atoms with Gasteiger partial charge in [-0.3, -0.25) is 0 Å². The number of alkyl halides is 2. The fourth-order valence-electron chi connectivity index (χ4n) is 0.905. The van der Waals surface area contributed by atoms with E-state index in [0.717, 1.165) is 24.3 Å². The molecular weight excluding hydrogens is 190 g/mol. The van der Waals surface area contributed by atoms with Gasteiger partial charge < -0.3 is 5.11 Å². The minimum Gasteiger partial charge on any atom is -0.478 e. The molecule has 1 rings (SSSR count). The summed E-state index contributed by atoms with van der Waals surface area (Å²) in [5.74, 6) is -3.19. The van der Waals surface area contributed by atoms with E-state index in [9.17, 15) is 13.6 Å². The van der Waals surface area contributed by atoms with Crippen LogP contribution in [-0.2, 0) is 5.92 Å². The van der Waals surface area contributed by atoms with Crippen molar-refractivity contribution in [2.24, 2.45) is 0 Å². The highest BCUT2D eigenvalue weighted by atomic mass is 19.3. The Morgan fingerprint density at radius 2 is 1.86 bits per heavy atom. The SMILES string of the molecule is C#CC(F)(F)c1ccc(C(=O)O)cc1. The third-order valence-corrected chi connectivity index (χ3v) is 1.68. The monoisotopic (exact) mass is 196 g/mol. The minimum absolute atomic E-state index is 0.0541. The van der Waals surface area contributed by atoms with Crippen LogP contribution in [0.25, 0.3) is 0 Å². The van der Waals surface area contributed by atoms with Crippen molar-refractivity contribution in [1.29, 1.82) is 0 Å². The van der Waals surface area contributed by atoms with E-state index in [2.05, 4.69) is 6.42 Å². The van der Waals surface area contributed by atoms with Crippen molar-refractivity contribution in [1.82, 2.24) is 0 Å². The molecule has 0 spiro atoms. The highest BCUT2D eigenvalue weighted by Crippen LogP contribution is 2.26. The molecule has 72 valence electrons. The number of benzene rings is 1. The van der Waals surface area contributed by atoms with Crippen LogP contribution in [-0.4, -0.2) is 11.1 Å². The molecule has 0 aromatic heterocycles. The van der Waals surface area contributed by atoms with E-state index in [1.54, 1.807) is 0 Å². The van der Waals surface area contributed by atoms with E-state index in [1.165, 1.54) is 5.92 Å². The number of rotatable bonds is 2. The van der Waals surface area contributed by atoms with Gasteiger partial charge >= 0.3 is 11.9 Å². The van der Waals surface area contributed by atoms with Gasteiger partial charge in [0.15, 0.2) is 0 Å². The summed E-state index contributed by atoms with van der Waals surface area (Å²) in [5, 5.41) is 8.51. The van der Waals surface area contributed by atoms with Crippen molar-refractivity contribution in [2.75, 3.05) is 0 Å². The first-order valence-corrected chi connectivity index (χ1v) is 3.67. The Labute approximate surface area is 79.2 Å². The standard InChI is InChI=1S/C10H6F2O2/c1-2-10(11,12)8-5-3-7(4-6-8)9(13)14/h1,3-6H,(H,13,14). The van der Waals surface area contributed by atoms with E-state index < -0.39 is 11.9 Å². The number of carboxylic acids is 1. The topological polar surface area (TPSA) is 37.3 Å². The van der Waals surface area contributed by atoms with Crippen LogP contribution < -0.4 is 0 Å². The first kappa shape index (κ1) is 10.2. The molecule has 0 saturated heterocycles. The number of terminal acetylenes is 1. The Balaban J connectivity index is 3.07. The van der Waals surface area contributed by atoms with Crippen LogP contribution in [0.1, 0.15) is 15.9 Å². The van der Waals surface area contributed by atoms with Crippen LogP contribution in [0.2, 0.25) is 0 Å². The van der Waals surface area contributed by atoms with Gasteiger partial charge in [0.2, 0.25) is 0 Å². The van der Waals surface area contributed by atoms with Gasteiger partial charge in [-0.2, -0.15) is 8.78 Å². The number of carboxylic acid groups (broad SMARTS) is 1. The summed E-state index contributed by atoms with van der Waals surface area (Å²) in [5.41, 5.74) is -0.438. The summed E-state index contributed by atoms with van der Waals surface area (Å²) in [4.78, 5) is 10.4. The Morgan fingerprint density at radius 1 is 1.36 bits per heavy atom. The summed E-state index contributed by atoms with van der Waals surface area (Å²) in [6.45, 7) is 0. The third-order valence-electron chi connectivity index (χ3n) is 1.68. The van der Waals surface area contributed by atoms with Crippen LogP contribution in [0.15, 0.2) is 24.3 Å². The maximum atomic E-state index is 12.8. The molecule has 0 saturated carbocycles. The fraction of sp³-hybridized carbons (Fsp3) is 0.100. The lowest BCUT2D eigenvalue weighted by molar-refractivity contribution is 0.0633. The van der Waals surface area contributed by atoms with Crippen LogP contribution >= 0.6 is 0 Å². The Bertz CT molecular complexity index is 388. The number of hydrogen-bond acceptors (Lipinski definition) is 1. The molecule has 0 aliphatic rings. The summed E-state index contributed by atoms with van der Waals surface area (Å²) in [7, 11) is 0. The fourth-order valence-corrected chi connectivity index (χ4v) is 0.905. The van der Waals surface area contributed by atoms with Crippen molar-refractivity contribution in [2.45, 2.75) is 5.92 Å². The molecule has 0 amide bonds. The molecule has 0 radical (unpaired) electrons. The normalized spacial score (nSPS) is 10.6. The Hall–Kier alpha value is -1.89. The van der Waals surface area contributed by atoms with Crippen LogP contribution in [0.5, 0.6) is 0 Å². The van der Waals surface area contributed by atoms with Crippen molar-refractivity contribution in [3.63, 3.8) is 0 Å². The Morgan fingerprint density at radius 3 is 2.21 bits per heavy atom. The summed E-state index contributed by atoms with van der Waals surface area (Å²) >= 11 is 0. The van der Waals surface area contributed by atoms with Gasteiger partial charge in [-0.1, -0.05) is 12.1 Å².